The van der Waals surface area contributed by atoms with E-state index >= 15 is 0 Å². The van der Waals surface area contributed by atoms with Crippen LogP contribution in [0.3, 0.4) is 0 Å². The molecule has 0 bridgehead atoms. The van der Waals surface area contributed by atoms with Crippen LogP contribution in [0.2, 0.25) is 0 Å². The fourth-order valence-corrected chi connectivity index (χ4v) is 4.86. The summed E-state index contributed by atoms with van der Waals surface area (Å²) in [6.07, 6.45) is 4.10. The van der Waals surface area contributed by atoms with E-state index in [4.69, 9.17) is 0 Å². The Morgan fingerprint density at radius 1 is 0.655 bits per heavy atom. The molecular weight excluding hydrogens is 354 g/mol. The summed E-state index contributed by atoms with van der Waals surface area (Å²) in [7, 11) is 0. The second kappa shape index (κ2) is 10.2. The zero-order valence-electron chi connectivity index (χ0n) is 17.7. The van der Waals surface area contributed by atoms with E-state index in [0.29, 0.717) is 6.04 Å². The molecule has 0 aliphatic carbocycles. The molecule has 0 unspecified atom stereocenters. The van der Waals surface area contributed by atoms with Crippen molar-refractivity contribution in [3.05, 3.63) is 83.9 Å². The molecule has 3 nitrogen and oxygen atoms in total. The van der Waals surface area contributed by atoms with Crippen molar-refractivity contribution in [1.82, 2.24) is 14.7 Å². The van der Waals surface area contributed by atoms with E-state index < -0.39 is 0 Å². The molecule has 2 fully saturated rings. The maximum Gasteiger partial charge on any atom is 0.0602 e. The molecule has 2 aliphatic heterocycles. The lowest BCUT2D eigenvalue weighted by molar-refractivity contribution is 0.114. The quantitative estimate of drug-likeness (QED) is 0.649. The molecule has 154 valence electrons. The minimum absolute atomic E-state index is 0.344. The first-order valence-electron chi connectivity index (χ1n) is 11.2. The molecule has 2 aliphatic rings. The molecule has 2 aromatic rings. The standard InChI is InChI=1S/C26H35N3/c1-23(21-27-15-9-4-10-16-27)22-28-17-19-29(20-18-28)26(24-11-5-2-6-12-24)25-13-7-3-8-14-25/h2-3,5-8,11-14,26H,1,4,9-10,15-22H2. The van der Waals surface area contributed by atoms with Gasteiger partial charge in [-0.05, 0) is 42.6 Å². The first-order valence-corrected chi connectivity index (χ1v) is 11.2. The molecule has 2 saturated heterocycles. The fourth-order valence-electron chi connectivity index (χ4n) is 4.86. The minimum atomic E-state index is 0.344. The highest BCUT2D eigenvalue weighted by atomic mass is 15.3. The van der Waals surface area contributed by atoms with E-state index in [0.717, 1.165) is 39.3 Å². The van der Waals surface area contributed by atoms with Gasteiger partial charge in [-0.3, -0.25) is 14.7 Å². The molecule has 4 rings (SSSR count). The van der Waals surface area contributed by atoms with E-state index in [1.807, 2.05) is 0 Å². The summed E-state index contributed by atoms with van der Waals surface area (Å²) >= 11 is 0. The molecule has 29 heavy (non-hydrogen) atoms. The molecule has 0 amide bonds. The van der Waals surface area contributed by atoms with Crippen molar-refractivity contribution in [2.45, 2.75) is 25.3 Å². The molecule has 2 aromatic carbocycles. The van der Waals surface area contributed by atoms with Crippen LogP contribution < -0.4 is 0 Å². The highest BCUT2D eigenvalue weighted by Gasteiger charge is 2.26. The molecule has 0 atom stereocenters. The zero-order valence-corrected chi connectivity index (χ0v) is 17.7. The normalized spacial score (nSPS) is 19.5. The lowest BCUT2D eigenvalue weighted by Crippen LogP contribution is -2.48. The fraction of sp³-hybridized carbons (Fsp3) is 0.462. The highest BCUT2D eigenvalue weighted by molar-refractivity contribution is 5.32. The topological polar surface area (TPSA) is 9.72 Å². The maximum absolute atomic E-state index is 4.40. The molecule has 2 heterocycles. The van der Waals surface area contributed by atoms with Gasteiger partial charge in [-0.2, -0.15) is 0 Å². The number of rotatable bonds is 7. The van der Waals surface area contributed by atoms with Crippen LogP contribution in [0, 0.1) is 0 Å². The molecule has 0 radical (unpaired) electrons. The summed E-state index contributed by atoms with van der Waals surface area (Å²) < 4.78 is 0. The molecule has 0 saturated carbocycles. The van der Waals surface area contributed by atoms with Crippen LogP contribution in [0.25, 0.3) is 0 Å². The van der Waals surface area contributed by atoms with Gasteiger partial charge in [0.2, 0.25) is 0 Å². The second-order valence-corrected chi connectivity index (χ2v) is 8.62. The maximum atomic E-state index is 4.40. The summed E-state index contributed by atoms with van der Waals surface area (Å²) in [4.78, 5) is 7.83. The summed E-state index contributed by atoms with van der Waals surface area (Å²) in [5.41, 5.74) is 4.16. The zero-order chi connectivity index (χ0) is 19.9. The Balaban J connectivity index is 1.35. The van der Waals surface area contributed by atoms with Crippen molar-refractivity contribution in [3.8, 4) is 0 Å². The third-order valence-electron chi connectivity index (χ3n) is 6.35. The van der Waals surface area contributed by atoms with E-state index in [1.165, 1.54) is 49.1 Å². The first-order chi connectivity index (χ1) is 14.3. The van der Waals surface area contributed by atoms with Crippen LogP contribution in [-0.2, 0) is 0 Å². The molecule has 3 heteroatoms. The average Bonchev–Trinajstić information content (AvgIpc) is 2.77. The number of hydrogen-bond donors (Lipinski definition) is 0. The highest BCUT2D eigenvalue weighted by Crippen LogP contribution is 2.29. The van der Waals surface area contributed by atoms with Gasteiger partial charge in [-0.25, -0.2) is 0 Å². The van der Waals surface area contributed by atoms with Crippen LogP contribution in [0.15, 0.2) is 72.8 Å². The lowest BCUT2D eigenvalue weighted by Gasteiger charge is -2.40. The van der Waals surface area contributed by atoms with Gasteiger partial charge >= 0.3 is 0 Å². The Morgan fingerprint density at radius 2 is 1.14 bits per heavy atom. The van der Waals surface area contributed by atoms with Crippen molar-refractivity contribution < 1.29 is 0 Å². The number of piperazine rings is 1. The smallest absolute Gasteiger partial charge is 0.0602 e. The van der Waals surface area contributed by atoms with Gasteiger partial charge < -0.3 is 0 Å². The number of hydrogen-bond acceptors (Lipinski definition) is 3. The van der Waals surface area contributed by atoms with Crippen LogP contribution >= 0.6 is 0 Å². The molecule has 0 aromatic heterocycles. The first kappa shape index (κ1) is 20.3. The van der Waals surface area contributed by atoms with E-state index in [2.05, 4.69) is 81.9 Å². The van der Waals surface area contributed by atoms with Gasteiger partial charge in [0.15, 0.2) is 0 Å². The Hall–Kier alpha value is -1.94. The van der Waals surface area contributed by atoms with Crippen LogP contribution in [0.1, 0.15) is 36.4 Å². The Kier molecular flexibility index (Phi) is 7.15. The third kappa shape index (κ3) is 5.57. The predicted octanol–water partition coefficient (Wildman–Crippen LogP) is 4.44. The summed E-state index contributed by atoms with van der Waals surface area (Å²) in [6, 6.07) is 22.3. The minimum Gasteiger partial charge on any atom is -0.299 e. The predicted molar refractivity (Wildman–Crippen MR) is 122 cm³/mol. The van der Waals surface area contributed by atoms with Gasteiger partial charge in [-0.15, -0.1) is 0 Å². The van der Waals surface area contributed by atoms with Crippen molar-refractivity contribution in [2.75, 3.05) is 52.4 Å². The number of nitrogens with zero attached hydrogens (tertiary/aromatic N) is 3. The van der Waals surface area contributed by atoms with Gasteiger partial charge in [0, 0.05) is 39.3 Å². The number of likely N-dealkylation sites (tertiary alicyclic amines) is 1. The average molecular weight is 390 g/mol. The van der Waals surface area contributed by atoms with Crippen molar-refractivity contribution in [3.63, 3.8) is 0 Å². The van der Waals surface area contributed by atoms with E-state index in [9.17, 15) is 0 Å². The van der Waals surface area contributed by atoms with Crippen molar-refractivity contribution in [1.29, 1.82) is 0 Å². The van der Waals surface area contributed by atoms with E-state index in [-0.39, 0.29) is 0 Å². The number of benzene rings is 2. The summed E-state index contributed by atoms with van der Waals surface area (Å²) in [5.74, 6) is 0. The molecule has 0 spiro atoms. The SMILES string of the molecule is C=C(CN1CCCCC1)CN1CCN(C(c2ccccc2)c2ccccc2)CC1. The number of piperidine rings is 1. The monoisotopic (exact) mass is 389 g/mol. The van der Waals surface area contributed by atoms with Gasteiger partial charge in [0.1, 0.15) is 0 Å². The van der Waals surface area contributed by atoms with Crippen LogP contribution in [0.4, 0.5) is 0 Å². The molecular formula is C26H35N3. The van der Waals surface area contributed by atoms with Crippen LogP contribution in [0.5, 0.6) is 0 Å². The third-order valence-corrected chi connectivity index (χ3v) is 6.35. The Labute approximate surface area is 176 Å². The van der Waals surface area contributed by atoms with Gasteiger partial charge in [0.05, 0.1) is 6.04 Å². The van der Waals surface area contributed by atoms with E-state index in [1.54, 1.807) is 0 Å². The second-order valence-electron chi connectivity index (χ2n) is 8.62. The largest absolute Gasteiger partial charge is 0.299 e. The summed E-state index contributed by atoms with van der Waals surface area (Å²) in [6.45, 7) is 13.5. The Morgan fingerprint density at radius 3 is 1.66 bits per heavy atom. The van der Waals surface area contributed by atoms with Crippen molar-refractivity contribution >= 4 is 0 Å². The van der Waals surface area contributed by atoms with Gasteiger partial charge in [-0.1, -0.05) is 73.7 Å². The van der Waals surface area contributed by atoms with Crippen LogP contribution in [-0.4, -0.2) is 67.1 Å². The Bertz CT molecular complexity index is 705. The molecule has 0 N–H and O–H groups in total. The summed E-state index contributed by atoms with van der Waals surface area (Å²) in [5, 5.41) is 0. The lowest BCUT2D eigenvalue weighted by atomic mass is 9.96. The van der Waals surface area contributed by atoms with Gasteiger partial charge in [0.25, 0.3) is 0 Å². The van der Waals surface area contributed by atoms with Crippen molar-refractivity contribution in [2.24, 2.45) is 0 Å².